The molecule has 204 valence electrons. The summed E-state index contributed by atoms with van der Waals surface area (Å²) in [6.07, 6.45) is 5.63. The number of nitrogens with zero attached hydrogens (tertiary/aromatic N) is 8. The average molecular weight is 531 g/mol. The van der Waals surface area contributed by atoms with Crippen LogP contribution in [0, 0.1) is 6.92 Å². The molecular weight excluding hydrogens is 496 g/mol. The minimum atomic E-state index is -0.500. The summed E-state index contributed by atoms with van der Waals surface area (Å²) in [5, 5.41) is 9.13. The predicted octanol–water partition coefficient (Wildman–Crippen LogP) is 4.75. The van der Waals surface area contributed by atoms with Crippen molar-refractivity contribution in [3.63, 3.8) is 0 Å². The molecule has 1 fully saturated rings. The van der Waals surface area contributed by atoms with Crippen LogP contribution in [0.3, 0.4) is 0 Å². The minimum Gasteiger partial charge on any atom is -0.491 e. The number of rotatable bonds is 4. The van der Waals surface area contributed by atoms with Crippen molar-refractivity contribution >= 4 is 6.09 Å². The highest BCUT2D eigenvalue weighted by molar-refractivity contribution is 5.74. The standard InChI is InChI=1S/C28H34N8O3/c1-17(2)36-26(30-18(3)32-36)23-16-33-9-10-38-24-11-19(7-8-22(24)25(33)31-23)20-12-29-35(13-20)21-14-34(15-21)27(37)39-28(4,5)6/h7-8,11-13,16-17,21H,9-10,14-15H2,1-6H3. The first kappa shape index (κ1) is 25.1. The van der Waals surface area contributed by atoms with Crippen LogP contribution in [0.2, 0.25) is 0 Å². The fourth-order valence-corrected chi connectivity index (χ4v) is 4.92. The smallest absolute Gasteiger partial charge is 0.410 e. The number of amides is 1. The van der Waals surface area contributed by atoms with Crippen LogP contribution < -0.4 is 4.74 Å². The van der Waals surface area contributed by atoms with Crippen molar-refractivity contribution in [1.82, 2.24) is 39.0 Å². The fraction of sp³-hybridized carbons (Fsp3) is 0.464. The summed E-state index contributed by atoms with van der Waals surface area (Å²) in [6.45, 7) is 14.1. The molecular formula is C28H34N8O3. The van der Waals surface area contributed by atoms with Crippen LogP contribution in [0.4, 0.5) is 4.79 Å². The highest BCUT2D eigenvalue weighted by atomic mass is 16.6. The summed E-state index contributed by atoms with van der Waals surface area (Å²) in [6, 6.07) is 6.49. The maximum atomic E-state index is 12.3. The third-order valence-electron chi connectivity index (χ3n) is 6.87. The number of likely N-dealkylation sites (tertiary alicyclic amines) is 1. The Morgan fingerprint density at radius 2 is 1.90 bits per heavy atom. The molecule has 1 amide bonds. The molecule has 39 heavy (non-hydrogen) atoms. The van der Waals surface area contributed by atoms with Crippen LogP contribution in [0.5, 0.6) is 5.75 Å². The van der Waals surface area contributed by atoms with Gasteiger partial charge in [-0.25, -0.2) is 19.4 Å². The van der Waals surface area contributed by atoms with E-state index in [1.807, 2.05) is 55.6 Å². The number of imidazole rings is 1. The Bertz CT molecular complexity index is 1530. The SMILES string of the molecule is Cc1nc(-c2cn3c(n2)-c2ccc(-c4cnn(C5CN(C(=O)OC(C)(C)C)C5)c4)cc2OCC3)n(C(C)C)n1. The summed E-state index contributed by atoms with van der Waals surface area (Å²) in [7, 11) is 0. The number of fused-ring (bicyclic) bond motifs is 3. The quantitative estimate of drug-likeness (QED) is 0.375. The van der Waals surface area contributed by atoms with Crippen molar-refractivity contribution in [2.24, 2.45) is 0 Å². The van der Waals surface area contributed by atoms with Crippen molar-refractivity contribution in [1.29, 1.82) is 0 Å². The molecule has 0 unspecified atom stereocenters. The van der Waals surface area contributed by atoms with Crippen LogP contribution in [0.25, 0.3) is 34.0 Å². The predicted molar refractivity (Wildman–Crippen MR) is 145 cm³/mol. The normalized spacial score (nSPS) is 15.4. The van der Waals surface area contributed by atoms with Gasteiger partial charge in [0.2, 0.25) is 0 Å². The van der Waals surface area contributed by atoms with Crippen LogP contribution >= 0.6 is 0 Å². The van der Waals surface area contributed by atoms with Gasteiger partial charge in [0.25, 0.3) is 0 Å². The summed E-state index contributed by atoms with van der Waals surface area (Å²) >= 11 is 0. The van der Waals surface area contributed by atoms with Gasteiger partial charge in [0, 0.05) is 37.1 Å². The molecule has 2 aliphatic rings. The van der Waals surface area contributed by atoms with E-state index >= 15 is 0 Å². The van der Waals surface area contributed by atoms with Crippen molar-refractivity contribution in [2.45, 2.75) is 65.8 Å². The van der Waals surface area contributed by atoms with Crippen molar-refractivity contribution in [2.75, 3.05) is 19.7 Å². The summed E-state index contributed by atoms with van der Waals surface area (Å²) in [5.74, 6) is 3.15. The van der Waals surface area contributed by atoms with Crippen molar-refractivity contribution in [3.05, 3.63) is 42.6 Å². The van der Waals surface area contributed by atoms with Gasteiger partial charge in [-0.1, -0.05) is 6.07 Å². The number of carbonyl (C=O) groups is 1. The molecule has 3 aromatic heterocycles. The Morgan fingerprint density at radius 3 is 2.64 bits per heavy atom. The van der Waals surface area contributed by atoms with Crippen molar-refractivity contribution in [3.8, 4) is 39.8 Å². The van der Waals surface area contributed by atoms with Gasteiger partial charge in [-0.2, -0.15) is 10.2 Å². The lowest BCUT2D eigenvalue weighted by molar-refractivity contribution is -0.000384. The number of hydrogen-bond donors (Lipinski definition) is 0. The van der Waals surface area contributed by atoms with E-state index in [1.165, 1.54) is 0 Å². The number of carbonyl (C=O) groups excluding carboxylic acids is 1. The Balaban J connectivity index is 1.22. The molecule has 0 spiro atoms. The van der Waals surface area contributed by atoms with E-state index in [0.717, 1.165) is 45.6 Å². The zero-order chi connectivity index (χ0) is 27.5. The average Bonchev–Trinajstić information content (AvgIpc) is 3.54. The van der Waals surface area contributed by atoms with E-state index in [-0.39, 0.29) is 18.2 Å². The third-order valence-corrected chi connectivity index (χ3v) is 6.87. The van der Waals surface area contributed by atoms with Crippen LogP contribution in [0.15, 0.2) is 36.8 Å². The molecule has 5 heterocycles. The zero-order valence-electron chi connectivity index (χ0n) is 23.2. The second kappa shape index (κ2) is 9.25. The topological polar surface area (TPSA) is 105 Å². The Morgan fingerprint density at radius 1 is 1.10 bits per heavy atom. The van der Waals surface area contributed by atoms with E-state index in [2.05, 4.69) is 51.8 Å². The van der Waals surface area contributed by atoms with Crippen LogP contribution in [-0.2, 0) is 11.3 Å². The lowest BCUT2D eigenvalue weighted by Gasteiger charge is -2.39. The number of benzene rings is 1. The highest BCUT2D eigenvalue weighted by Gasteiger charge is 2.35. The van der Waals surface area contributed by atoms with E-state index in [1.54, 1.807) is 4.90 Å². The van der Waals surface area contributed by atoms with Gasteiger partial charge in [-0.15, -0.1) is 0 Å². The maximum absolute atomic E-state index is 12.3. The van der Waals surface area contributed by atoms with Gasteiger partial charge in [-0.05, 0) is 59.2 Å². The second-order valence-electron chi connectivity index (χ2n) is 11.5. The molecule has 2 aliphatic heterocycles. The second-order valence-corrected chi connectivity index (χ2v) is 11.5. The monoisotopic (exact) mass is 530 g/mol. The first-order valence-corrected chi connectivity index (χ1v) is 13.4. The molecule has 11 nitrogen and oxygen atoms in total. The Labute approximate surface area is 227 Å². The first-order valence-electron chi connectivity index (χ1n) is 13.4. The maximum Gasteiger partial charge on any atom is 0.410 e. The molecule has 0 aliphatic carbocycles. The number of aromatic nitrogens is 7. The van der Waals surface area contributed by atoms with E-state index in [9.17, 15) is 4.79 Å². The third kappa shape index (κ3) is 4.77. The van der Waals surface area contributed by atoms with Gasteiger partial charge in [0.05, 0.1) is 24.3 Å². The summed E-state index contributed by atoms with van der Waals surface area (Å²) < 4.78 is 17.6. The van der Waals surface area contributed by atoms with Gasteiger partial charge < -0.3 is 18.9 Å². The number of hydrogen-bond acceptors (Lipinski definition) is 7. The molecule has 0 radical (unpaired) electrons. The van der Waals surface area contributed by atoms with E-state index in [0.29, 0.717) is 26.2 Å². The van der Waals surface area contributed by atoms with Gasteiger partial charge in [0.15, 0.2) is 5.82 Å². The number of ether oxygens (including phenoxy) is 2. The lowest BCUT2D eigenvalue weighted by atomic mass is 10.1. The minimum absolute atomic E-state index is 0.130. The van der Waals surface area contributed by atoms with Gasteiger partial charge >= 0.3 is 6.09 Å². The van der Waals surface area contributed by atoms with Gasteiger partial charge in [-0.3, -0.25) is 4.68 Å². The first-order chi connectivity index (χ1) is 18.6. The van der Waals surface area contributed by atoms with Crippen LogP contribution in [0.1, 0.15) is 52.5 Å². The van der Waals surface area contributed by atoms with Gasteiger partial charge in [0.1, 0.15) is 35.3 Å². The molecule has 0 atom stereocenters. The summed E-state index contributed by atoms with van der Waals surface area (Å²) in [5.41, 5.74) is 3.25. The Hall–Kier alpha value is -4.15. The largest absolute Gasteiger partial charge is 0.491 e. The lowest BCUT2D eigenvalue weighted by Crippen LogP contribution is -2.52. The zero-order valence-corrected chi connectivity index (χ0v) is 23.2. The molecule has 1 aromatic carbocycles. The Kier molecular flexibility index (Phi) is 5.96. The van der Waals surface area contributed by atoms with E-state index in [4.69, 9.17) is 14.5 Å². The highest BCUT2D eigenvalue weighted by Crippen LogP contribution is 2.37. The summed E-state index contributed by atoms with van der Waals surface area (Å²) in [4.78, 5) is 23.6. The molecule has 6 rings (SSSR count). The molecule has 1 saturated heterocycles. The van der Waals surface area contributed by atoms with E-state index < -0.39 is 5.60 Å². The fourth-order valence-electron chi connectivity index (χ4n) is 4.92. The molecule has 0 bridgehead atoms. The molecule has 0 N–H and O–H groups in total. The number of aryl methyl sites for hydroxylation is 1. The molecule has 11 heteroatoms. The van der Waals surface area contributed by atoms with Crippen LogP contribution in [-0.4, -0.2) is 70.4 Å². The van der Waals surface area contributed by atoms with Crippen molar-refractivity contribution < 1.29 is 14.3 Å². The molecule has 0 saturated carbocycles. The molecule has 4 aromatic rings.